The second-order valence-corrected chi connectivity index (χ2v) is 16.3. The van der Waals surface area contributed by atoms with Crippen molar-refractivity contribution in [1.82, 2.24) is 24.2 Å². The number of nitrogens with zero attached hydrogens (tertiary/aromatic N) is 6. The summed E-state index contributed by atoms with van der Waals surface area (Å²) in [4.78, 5) is 13.2. The highest BCUT2D eigenvalue weighted by atomic mass is 31.2. The van der Waals surface area contributed by atoms with Crippen LogP contribution < -0.4 is 15.2 Å². The quantitative estimate of drug-likeness (QED) is 0.0421. The molecule has 2 aromatic heterocycles. The summed E-state index contributed by atoms with van der Waals surface area (Å²) in [6, 6.07) is 28.4. The molecule has 3 aromatic carbocycles. The van der Waals surface area contributed by atoms with Crippen molar-refractivity contribution >= 4 is 25.5 Å². The van der Waals surface area contributed by atoms with Gasteiger partial charge in [-0.3, -0.25) is 4.57 Å². The number of rotatable bonds is 17. The summed E-state index contributed by atoms with van der Waals surface area (Å²) >= 11 is 0. The summed E-state index contributed by atoms with van der Waals surface area (Å²) < 4.78 is 43.9. The van der Waals surface area contributed by atoms with E-state index in [1.807, 2.05) is 71.3 Å². The number of fused-ring (bicyclic) bond motifs is 3. The minimum absolute atomic E-state index is 0.0785. The third kappa shape index (κ3) is 7.50. The normalized spacial score (nSPS) is 21.1. The summed E-state index contributed by atoms with van der Waals surface area (Å²) in [6.45, 7) is 13.4. The lowest BCUT2D eigenvalue weighted by atomic mass is 9.79. The predicted molar refractivity (Wildman–Crippen MR) is 218 cm³/mol. The molecule has 2 fully saturated rings. The molecule has 5 aromatic rings. The molecule has 7 rings (SSSR count). The molecule has 1 aliphatic carbocycles. The van der Waals surface area contributed by atoms with E-state index in [9.17, 15) is 5.26 Å². The van der Waals surface area contributed by atoms with E-state index >= 15 is 0 Å². The minimum atomic E-state index is -1.69. The monoisotopic (exact) mass is 791 g/mol. The van der Waals surface area contributed by atoms with Gasteiger partial charge >= 0.3 is 0 Å². The van der Waals surface area contributed by atoms with E-state index in [4.69, 9.17) is 33.7 Å². The molecule has 0 spiro atoms. The Bertz CT molecular complexity index is 2140. The van der Waals surface area contributed by atoms with E-state index in [2.05, 4.69) is 72.1 Å². The van der Waals surface area contributed by atoms with Crippen LogP contribution in [0.25, 0.3) is 11.2 Å². The van der Waals surface area contributed by atoms with Gasteiger partial charge in [-0.15, -0.1) is 0 Å². The van der Waals surface area contributed by atoms with Crippen molar-refractivity contribution < 1.29 is 28.0 Å². The Hall–Kier alpha value is -4.93. The molecule has 57 heavy (non-hydrogen) atoms. The van der Waals surface area contributed by atoms with E-state index in [0.29, 0.717) is 17.6 Å². The van der Waals surface area contributed by atoms with Crippen LogP contribution in [0.5, 0.6) is 11.5 Å². The number of nitrogens with two attached hydrogens (primary N) is 1. The molecule has 0 amide bonds. The fourth-order valence-electron chi connectivity index (χ4n) is 8.26. The molecule has 0 radical (unpaired) electrons. The third-order valence-corrected chi connectivity index (χ3v) is 12.9. The van der Waals surface area contributed by atoms with Gasteiger partial charge in [0.15, 0.2) is 11.5 Å². The maximum atomic E-state index is 9.46. The Kier molecular flexibility index (Phi) is 11.9. The number of benzene rings is 3. The van der Waals surface area contributed by atoms with Crippen molar-refractivity contribution in [3.05, 3.63) is 120 Å². The van der Waals surface area contributed by atoms with Crippen molar-refractivity contribution in [2.45, 2.75) is 76.2 Å². The first-order valence-electron chi connectivity index (χ1n) is 19.1. The van der Waals surface area contributed by atoms with Crippen LogP contribution in [0.1, 0.15) is 63.5 Å². The van der Waals surface area contributed by atoms with Crippen molar-refractivity contribution in [2.24, 2.45) is 5.92 Å². The topological polar surface area (TPSA) is 152 Å². The molecule has 1 unspecified atom stereocenters. The van der Waals surface area contributed by atoms with Crippen LogP contribution >= 0.6 is 8.53 Å². The van der Waals surface area contributed by atoms with Crippen molar-refractivity contribution in [3.8, 4) is 17.6 Å². The first-order chi connectivity index (χ1) is 27.6. The summed E-state index contributed by atoms with van der Waals surface area (Å²) in [7, 11) is 1.62. The molecule has 3 heterocycles. The second kappa shape index (κ2) is 16.9. The van der Waals surface area contributed by atoms with Crippen molar-refractivity contribution in [1.29, 1.82) is 5.26 Å². The van der Waals surface area contributed by atoms with Gasteiger partial charge in [-0.1, -0.05) is 66.7 Å². The second-order valence-electron chi connectivity index (χ2n) is 14.9. The number of aromatic nitrogens is 4. The molecule has 5 atom stereocenters. The molecule has 1 aliphatic heterocycles. The van der Waals surface area contributed by atoms with E-state index in [1.54, 1.807) is 20.5 Å². The minimum Gasteiger partial charge on any atom is -0.497 e. The predicted octanol–water partition coefficient (Wildman–Crippen LogP) is 7.94. The van der Waals surface area contributed by atoms with E-state index in [1.165, 1.54) is 6.33 Å². The van der Waals surface area contributed by atoms with Crippen LogP contribution in [-0.4, -0.2) is 75.4 Å². The summed E-state index contributed by atoms with van der Waals surface area (Å²) in [5, 5.41) is 9.46. The molecule has 2 N–H and O–H groups in total. The van der Waals surface area contributed by atoms with Crippen LogP contribution in [-0.2, 0) is 24.1 Å². The van der Waals surface area contributed by atoms with Crippen LogP contribution in [0.3, 0.4) is 0 Å². The first-order valence-corrected chi connectivity index (χ1v) is 20.2. The fraction of sp³-hybridized carbons (Fsp3) is 0.395. The number of ether oxygens (including phenoxy) is 4. The van der Waals surface area contributed by atoms with Gasteiger partial charge in [-0.25, -0.2) is 19.6 Å². The average molecular weight is 792 g/mol. The van der Waals surface area contributed by atoms with E-state index in [0.717, 1.165) is 33.8 Å². The standard InChI is InChI=1S/C43H50N7O6P/c1-28(2)50(29(3)4)57(54-23-11-22-44)56-38-36-30(5)24-42(38,55-41(36)49-27-48-40-37(49)39(45)46-26-47-40)25-53-43(31-12-9-8-10-13-31,32-14-18-34(51-6)19-15-32)33-16-20-35(52-7)21-17-33/h8-10,12-21,26-29,36,38,41H,5,11,23-25H2,1-4,6-7H3,(H2,45,46,47)/t36-,38+,41-,42-,57?/m1/s1. The maximum Gasteiger partial charge on any atom is 0.259 e. The van der Waals surface area contributed by atoms with Gasteiger partial charge in [-0.2, -0.15) is 5.26 Å². The highest BCUT2D eigenvalue weighted by Gasteiger charge is 2.65. The van der Waals surface area contributed by atoms with Crippen LogP contribution in [0.2, 0.25) is 0 Å². The SMILES string of the molecule is C=C1C[C@]2(COC(c3ccccc3)(c3ccc(OC)cc3)c3ccc(OC)cc3)O[C@@H](n3cnc4ncnc(N)c43)[C@H]1[C@@H]2OP(OCCC#N)N(C(C)C)C(C)C. The van der Waals surface area contributed by atoms with Crippen LogP contribution in [0.4, 0.5) is 5.82 Å². The fourth-order valence-corrected chi connectivity index (χ4v) is 10.1. The lowest BCUT2D eigenvalue weighted by Crippen LogP contribution is -2.47. The summed E-state index contributed by atoms with van der Waals surface area (Å²) in [5.41, 5.74) is 8.90. The first kappa shape index (κ1) is 40.3. The number of anilines is 1. The van der Waals surface area contributed by atoms with Crippen LogP contribution in [0.15, 0.2) is 104 Å². The highest BCUT2D eigenvalue weighted by molar-refractivity contribution is 7.44. The molecule has 1 saturated heterocycles. The number of hydrogen-bond donors (Lipinski definition) is 1. The largest absolute Gasteiger partial charge is 0.497 e. The van der Waals surface area contributed by atoms with Gasteiger partial charge in [0, 0.05) is 18.5 Å². The number of imidazole rings is 1. The molecule has 14 heteroatoms. The van der Waals surface area contributed by atoms with Gasteiger partial charge in [0.2, 0.25) is 0 Å². The number of hydrogen-bond acceptors (Lipinski definition) is 12. The van der Waals surface area contributed by atoms with Crippen LogP contribution in [0, 0.1) is 17.2 Å². The zero-order valence-electron chi connectivity index (χ0n) is 33.2. The Morgan fingerprint density at radius 2 is 1.56 bits per heavy atom. The van der Waals surface area contributed by atoms with Crippen molar-refractivity contribution in [2.75, 3.05) is 33.2 Å². The van der Waals surface area contributed by atoms with Gasteiger partial charge in [0.1, 0.15) is 46.9 Å². The lowest BCUT2D eigenvalue weighted by Gasteiger charge is -2.42. The molecule has 2 bridgehead atoms. The number of methoxy groups -OCH3 is 2. The van der Waals surface area contributed by atoms with E-state index in [-0.39, 0.29) is 43.5 Å². The number of nitriles is 1. The highest BCUT2D eigenvalue weighted by Crippen LogP contribution is 2.62. The molecule has 2 aliphatic rings. The van der Waals surface area contributed by atoms with E-state index < -0.39 is 32.1 Å². The lowest BCUT2D eigenvalue weighted by molar-refractivity contribution is -0.159. The summed E-state index contributed by atoms with van der Waals surface area (Å²) in [5.74, 6) is 1.37. The Labute approximate surface area is 335 Å². The van der Waals surface area contributed by atoms with Crippen molar-refractivity contribution in [3.63, 3.8) is 0 Å². The Balaban J connectivity index is 1.38. The molecule has 1 saturated carbocycles. The molecular formula is C43H50N7O6P. The smallest absolute Gasteiger partial charge is 0.259 e. The molecule has 13 nitrogen and oxygen atoms in total. The van der Waals surface area contributed by atoms with Gasteiger partial charge < -0.3 is 33.7 Å². The Morgan fingerprint density at radius 1 is 0.947 bits per heavy atom. The zero-order chi connectivity index (χ0) is 40.3. The Morgan fingerprint density at radius 3 is 2.14 bits per heavy atom. The molecule has 298 valence electrons. The van der Waals surface area contributed by atoms with Gasteiger partial charge in [-0.05, 0) is 68.7 Å². The maximum absolute atomic E-state index is 9.46. The van der Waals surface area contributed by atoms with Gasteiger partial charge in [0.05, 0.1) is 52.2 Å². The van der Waals surface area contributed by atoms with Gasteiger partial charge in [0.25, 0.3) is 8.53 Å². The zero-order valence-corrected chi connectivity index (χ0v) is 34.1. The summed E-state index contributed by atoms with van der Waals surface area (Å²) in [6.07, 6.45) is 2.54. The number of nitrogen functional groups attached to an aromatic ring is 1. The average Bonchev–Trinajstić information content (AvgIpc) is 3.87. The molecular weight excluding hydrogens is 741 g/mol. The third-order valence-electron chi connectivity index (χ3n) is 10.7.